The molecular formula is C9H10N2O4. The van der Waals surface area contributed by atoms with Crippen LogP contribution in [0.2, 0.25) is 0 Å². The number of amides is 3. The summed E-state index contributed by atoms with van der Waals surface area (Å²) in [7, 11) is 0. The van der Waals surface area contributed by atoms with E-state index in [0.29, 0.717) is 4.90 Å². The Morgan fingerprint density at radius 3 is 2.20 bits per heavy atom. The molecule has 0 aromatic carbocycles. The van der Waals surface area contributed by atoms with Crippen molar-refractivity contribution >= 4 is 23.5 Å². The maximum atomic E-state index is 11.6. The van der Waals surface area contributed by atoms with Crippen molar-refractivity contribution in [1.29, 1.82) is 0 Å². The van der Waals surface area contributed by atoms with Gasteiger partial charge in [-0.1, -0.05) is 0 Å². The van der Waals surface area contributed by atoms with Gasteiger partial charge in [-0.2, -0.15) is 0 Å². The minimum atomic E-state index is -0.989. The fraction of sp³-hybridized carbons (Fsp3) is 0.333. The Kier molecular flexibility index (Phi) is 2.69. The highest BCUT2D eigenvalue weighted by Gasteiger charge is 2.38. The molecule has 6 heteroatoms. The number of carbonyl (C=O) groups excluding carboxylic acids is 4. The molecule has 6 nitrogen and oxygen atoms in total. The number of nitrogens with zero attached hydrogens (tertiary/aromatic N) is 1. The maximum Gasteiger partial charge on any atom is 0.301 e. The number of ketones is 1. The predicted molar refractivity (Wildman–Crippen MR) is 49.3 cm³/mol. The second kappa shape index (κ2) is 3.64. The molecule has 0 fully saturated rings. The number of nitrogens with two attached hydrogens (primary N) is 1. The minimum absolute atomic E-state index is 0.0352. The van der Waals surface area contributed by atoms with Crippen LogP contribution >= 0.6 is 0 Å². The summed E-state index contributed by atoms with van der Waals surface area (Å²) in [6, 6.07) is 0. The highest BCUT2D eigenvalue weighted by atomic mass is 16.2. The second-order valence-corrected chi connectivity index (χ2v) is 3.05. The Hall–Kier alpha value is -1.98. The first kappa shape index (κ1) is 11.1. The van der Waals surface area contributed by atoms with E-state index in [1.54, 1.807) is 0 Å². The second-order valence-electron chi connectivity index (χ2n) is 3.05. The van der Waals surface area contributed by atoms with Crippen LogP contribution in [0.4, 0.5) is 0 Å². The standard InChI is InChI=1S/C9H10N2O4/c1-3-11-8(14)5(7(10)13)4(2)6(12)9(11)15/h3H2,1-2H3,(H2,10,13). The van der Waals surface area contributed by atoms with Crippen LogP contribution in [0.15, 0.2) is 11.1 Å². The van der Waals surface area contributed by atoms with E-state index >= 15 is 0 Å². The topological polar surface area (TPSA) is 97.5 Å². The summed E-state index contributed by atoms with van der Waals surface area (Å²) in [6.07, 6.45) is 0. The van der Waals surface area contributed by atoms with Crippen LogP contribution in [0.3, 0.4) is 0 Å². The van der Waals surface area contributed by atoms with E-state index in [9.17, 15) is 19.2 Å². The van der Waals surface area contributed by atoms with Crippen LogP contribution < -0.4 is 5.73 Å². The molecule has 0 aromatic heterocycles. The molecule has 2 N–H and O–H groups in total. The zero-order valence-electron chi connectivity index (χ0n) is 8.36. The van der Waals surface area contributed by atoms with E-state index in [0.717, 1.165) is 0 Å². The molecule has 1 rings (SSSR count). The number of carbonyl (C=O) groups is 4. The molecule has 0 spiro atoms. The largest absolute Gasteiger partial charge is 0.365 e. The monoisotopic (exact) mass is 210 g/mol. The molecule has 0 saturated carbocycles. The van der Waals surface area contributed by atoms with Gasteiger partial charge in [-0.05, 0) is 13.8 Å². The molecule has 0 aromatic rings. The molecule has 3 amide bonds. The first-order chi connectivity index (χ1) is 6.91. The van der Waals surface area contributed by atoms with Crippen LogP contribution in [0.1, 0.15) is 13.8 Å². The van der Waals surface area contributed by atoms with Gasteiger partial charge in [0.15, 0.2) is 0 Å². The van der Waals surface area contributed by atoms with Crippen molar-refractivity contribution in [2.24, 2.45) is 5.73 Å². The fourth-order valence-corrected chi connectivity index (χ4v) is 1.36. The summed E-state index contributed by atoms with van der Waals surface area (Å²) >= 11 is 0. The van der Waals surface area contributed by atoms with E-state index in [1.807, 2.05) is 0 Å². The summed E-state index contributed by atoms with van der Waals surface area (Å²) in [5, 5.41) is 0. The van der Waals surface area contributed by atoms with Crippen molar-refractivity contribution in [1.82, 2.24) is 4.90 Å². The van der Waals surface area contributed by atoms with E-state index in [4.69, 9.17) is 5.73 Å². The highest BCUT2D eigenvalue weighted by molar-refractivity contribution is 6.50. The molecule has 15 heavy (non-hydrogen) atoms. The lowest BCUT2D eigenvalue weighted by Gasteiger charge is -2.23. The van der Waals surface area contributed by atoms with Crippen molar-refractivity contribution in [3.63, 3.8) is 0 Å². The van der Waals surface area contributed by atoms with Gasteiger partial charge in [-0.3, -0.25) is 24.1 Å². The van der Waals surface area contributed by atoms with Crippen molar-refractivity contribution in [2.45, 2.75) is 13.8 Å². The van der Waals surface area contributed by atoms with Crippen molar-refractivity contribution in [3.8, 4) is 0 Å². The third-order valence-corrected chi connectivity index (χ3v) is 2.18. The van der Waals surface area contributed by atoms with Gasteiger partial charge < -0.3 is 5.73 Å². The zero-order chi connectivity index (χ0) is 11.7. The molecule has 1 heterocycles. The Morgan fingerprint density at radius 2 is 1.80 bits per heavy atom. The third-order valence-electron chi connectivity index (χ3n) is 2.18. The minimum Gasteiger partial charge on any atom is -0.365 e. The summed E-state index contributed by atoms with van der Waals surface area (Å²) in [5.74, 6) is -3.56. The van der Waals surface area contributed by atoms with E-state index in [1.165, 1.54) is 13.8 Å². The van der Waals surface area contributed by atoms with Crippen LogP contribution in [-0.2, 0) is 19.2 Å². The summed E-state index contributed by atoms with van der Waals surface area (Å²) < 4.78 is 0. The predicted octanol–water partition coefficient (Wildman–Crippen LogP) is -1.25. The van der Waals surface area contributed by atoms with Crippen LogP contribution in [-0.4, -0.2) is 34.9 Å². The molecule has 0 atom stereocenters. The van der Waals surface area contributed by atoms with E-state index < -0.39 is 29.1 Å². The van der Waals surface area contributed by atoms with Gasteiger partial charge in [0.1, 0.15) is 5.57 Å². The average Bonchev–Trinajstić information content (AvgIpc) is 2.15. The summed E-state index contributed by atoms with van der Waals surface area (Å²) in [6.45, 7) is 2.81. The Labute approximate surface area is 85.7 Å². The van der Waals surface area contributed by atoms with Crippen molar-refractivity contribution in [3.05, 3.63) is 11.1 Å². The van der Waals surface area contributed by atoms with Gasteiger partial charge in [0.25, 0.3) is 11.8 Å². The molecule has 0 unspecified atom stereocenters. The van der Waals surface area contributed by atoms with Gasteiger partial charge in [-0.15, -0.1) is 0 Å². The van der Waals surface area contributed by atoms with Gasteiger partial charge in [0, 0.05) is 12.1 Å². The van der Waals surface area contributed by atoms with Crippen LogP contribution in [0, 0.1) is 0 Å². The SMILES string of the molecule is CCN1C(=O)C(=O)C(C)=C(C(N)=O)C1=O. The lowest BCUT2D eigenvalue weighted by molar-refractivity contribution is -0.150. The summed E-state index contributed by atoms with van der Waals surface area (Å²) in [4.78, 5) is 45.9. The van der Waals surface area contributed by atoms with Crippen molar-refractivity contribution in [2.75, 3.05) is 6.54 Å². The Morgan fingerprint density at radius 1 is 1.27 bits per heavy atom. The maximum absolute atomic E-state index is 11.6. The first-order valence-electron chi connectivity index (χ1n) is 4.33. The molecular weight excluding hydrogens is 200 g/mol. The number of hydrogen-bond donors (Lipinski definition) is 1. The molecule has 1 aliphatic heterocycles. The number of primary amides is 1. The van der Waals surface area contributed by atoms with Crippen LogP contribution in [0.5, 0.6) is 0 Å². The van der Waals surface area contributed by atoms with Gasteiger partial charge in [0.05, 0.1) is 0 Å². The van der Waals surface area contributed by atoms with Gasteiger partial charge in [0.2, 0.25) is 5.78 Å². The first-order valence-corrected chi connectivity index (χ1v) is 4.33. The summed E-state index contributed by atoms with van der Waals surface area (Å²) in [5.41, 5.74) is 4.38. The van der Waals surface area contributed by atoms with Crippen LogP contribution in [0.25, 0.3) is 0 Å². The lowest BCUT2D eigenvalue weighted by atomic mass is 9.98. The number of rotatable bonds is 2. The molecule has 1 aliphatic rings. The number of likely N-dealkylation sites (N-methyl/N-ethyl adjacent to an activating group) is 1. The normalized spacial score (nSPS) is 17.5. The number of imide groups is 1. The Bertz CT molecular complexity index is 408. The van der Waals surface area contributed by atoms with E-state index in [2.05, 4.69) is 0 Å². The third kappa shape index (κ3) is 1.54. The molecule has 0 bridgehead atoms. The molecule has 0 radical (unpaired) electrons. The molecule has 80 valence electrons. The number of Topliss-reactive ketones (excluding diaryl/α,β-unsaturated/α-hetero) is 1. The van der Waals surface area contributed by atoms with Gasteiger partial charge >= 0.3 is 5.91 Å². The molecule has 0 aliphatic carbocycles. The number of hydrogen-bond acceptors (Lipinski definition) is 4. The smallest absolute Gasteiger partial charge is 0.301 e. The quantitative estimate of drug-likeness (QED) is 0.349. The van der Waals surface area contributed by atoms with Gasteiger partial charge in [-0.25, -0.2) is 0 Å². The average molecular weight is 210 g/mol. The lowest BCUT2D eigenvalue weighted by Crippen LogP contribution is -2.48. The van der Waals surface area contributed by atoms with Crippen molar-refractivity contribution < 1.29 is 19.2 Å². The Balaban J connectivity index is 3.36. The fourth-order valence-electron chi connectivity index (χ4n) is 1.36. The zero-order valence-corrected chi connectivity index (χ0v) is 8.36. The molecule has 0 saturated heterocycles. The highest BCUT2D eigenvalue weighted by Crippen LogP contribution is 2.16. The van der Waals surface area contributed by atoms with E-state index in [-0.39, 0.29) is 12.1 Å².